The first-order valence-corrected chi connectivity index (χ1v) is 7.82. The molecule has 0 unspecified atom stereocenters. The summed E-state index contributed by atoms with van der Waals surface area (Å²) in [7, 11) is -3.82. The van der Waals surface area contributed by atoms with Gasteiger partial charge < -0.3 is 5.73 Å². The molecule has 2 rings (SSSR count). The Morgan fingerprint density at radius 1 is 1.35 bits per heavy atom. The molecule has 0 spiro atoms. The third-order valence-corrected chi connectivity index (χ3v) is 4.56. The maximum Gasteiger partial charge on any atom is 0.261 e. The third kappa shape index (κ3) is 3.14. The second kappa shape index (κ2) is 5.86. The first-order chi connectivity index (χ1) is 9.44. The number of nitrogens with zero attached hydrogens (tertiary/aromatic N) is 1. The van der Waals surface area contributed by atoms with E-state index in [-0.39, 0.29) is 17.0 Å². The molecule has 0 aliphatic carbocycles. The van der Waals surface area contributed by atoms with E-state index in [1.54, 1.807) is 0 Å². The Kier molecular flexibility index (Phi) is 4.36. The summed E-state index contributed by atoms with van der Waals surface area (Å²) in [5.74, 6) is -0.531. The van der Waals surface area contributed by atoms with Gasteiger partial charge in [-0.2, -0.15) is 0 Å². The minimum Gasteiger partial charge on any atom is -0.326 e. The van der Waals surface area contributed by atoms with E-state index in [1.807, 2.05) is 0 Å². The highest BCUT2D eigenvalue weighted by atomic mass is 79.9. The lowest BCUT2D eigenvalue weighted by atomic mass is 10.2. The highest BCUT2D eigenvalue weighted by molar-refractivity contribution is 9.10. The molecular formula is C12H11BrFN3O2S. The lowest BCUT2D eigenvalue weighted by Crippen LogP contribution is -2.14. The molecule has 0 saturated carbocycles. The smallest absolute Gasteiger partial charge is 0.261 e. The van der Waals surface area contributed by atoms with Crippen molar-refractivity contribution < 1.29 is 12.8 Å². The van der Waals surface area contributed by atoms with Crippen LogP contribution in [0.1, 0.15) is 5.56 Å². The van der Waals surface area contributed by atoms with Gasteiger partial charge in [-0.3, -0.25) is 9.71 Å². The first-order valence-electron chi connectivity index (χ1n) is 5.55. The zero-order valence-corrected chi connectivity index (χ0v) is 12.6. The molecule has 0 amide bonds. The summed E-state index contributed by atoms with van der Waals surface area (Å²) in [4.78, 5) is 3.79. The summed E-state index contributed by atoms with van der Waals surface area (Å²) in [5.41, 5.74) is 5.85. The number of halogens is 2. The number of hydrogen-bond acceptors (Lipinski definition) is 4. The molecule has 2 aromatic rings. The minimum atomic E-state index is -3.82. The quantitative estimate of drug-likeness (QED) is 0.876. The molecule has 0 saturated heterocycles. The van der Waals surface area contributed by atoms with Crippen molar-refractivity contribution >= 4 is 31.6 Å². The van der Waals surface area contributed by atoms with Crippen LogP contribution in [-0.4, -0.2) is 13.4 Å². The normalized spacial score (nSPS) is 11.3. The van der Waals surface area contributed by atoms with Crippen molar-refractivity contribution in [2.45, 2.75) is 11.4 Å². The van der Waals surface area contributed by atoms with E-state index < -0.39 is 15.8 Å². The van der Waals surface area contributed by atoms with Crippen molar-refractivity contribution in [3.8, 4) is 0 Å². The number of sulfonamides is 1. The topological polar surface area (TPSA) is 85.1 Å². The number of aromatic nitrogens is 1. The van der Waals surface area contributed by atoms with E-state index in [2.05, 4.69) is 25.6 Å². The zero-order valence-electron chi connectivity index (χ0n) is 10.2. The summed E-state index contributed by atoms with van der Waals surface area (Å²) in [5, 5.41) is 0. The first kappa shape index (κ1) is 14.9. The van der Waals surface area contributed by atoms with Gasteiger partial charge in [-0.25, -0.2) is 12.8 Å². The van der Waals surface area contributed by atoms with E-state index in [4.69, 9.17) is 5.73 Å². The van der Waals surface area contributed by atoms with Gasteiger partial charge in [0.1, 0.15) is 5.82 Å². The van der Waals surface area contributed by atoms with Gasteiger partial charge in [0, 0.05) is 24.5 Å². The van der Waals surface area contributed by atoms with Gasteiger partial charge >= 0.3 is 0 Å². The van der Waals surface area contributed by atoms with Crippen molar-refractivity contribution in [2.24, 2.45) is 5.73 Å². The maximum atomic E-state index is 13.3. The van der Waals surface area contributed by atoms with E-state index >= 15 is 0 Å². The lowest BCUT2D eigenvalue weighted by molar-refractivity contribution is 0.596. The number of nitrogens with one attached hydrogen (secondary N) is 1. The van der Waals surface area contributed by atoms with Gasteiger partial charge in [-0.15, -0.1) is 0 Å². The average molecular weight is 360 g/mol. The van der Waals surface area contributed by atoms with Crippen LogP contribution in [0.5, 0.6) is 0 Å². The molecule has 0 radical (unpaired) electrons. The fourth-order valence-corrected chi connectivity index (χ4v) is 3.15. The standard InChI is InChI=1S/C12H11BrFN3O2S/c13-10-7-16-4-3-12(10)17-20(18,19)9-1-2-11(14)8(5-9)6-15/h1-5,7H,6,15H2,(H,16,17). The number of nitrogens with two attached hydrogens (primary N) is 1. The van der Waals surface area contributed by atoms with Gasteiger partial charge in [0.25, 0.3) is 10.0 Å². The van der Waals surface area contributed by atoms with Gasteiger partial charge in [0.2, 0.25) is 0 Å². The molecule has 0 bridgehead atoms. The number of hydrogen-bond donors (Lipinski definition) is 2. The SMILES string of the molecule is NCc1cc(S(=O)(=O)Nc2ccncc2Br)ccc1F. The summed E-state index contributed by atoms with van der Waals surface area (Å²) >= 11 is 3.19. The van der Waals surface area contributed by atoms with Crippen LogP contribution in [0.3, 0.4) is 0 Å². The lowest BCUT2D eigenvalue weighted by Gasteiger charge is -2.10. The Labute approximate surface area is 124 Å². The summed E-state index contributed by atoms with van der Waals surface area (Å²) in [6, 6.07) is 4.99. The van der Waals surface area contributed by atoms with Crippen molar-refractivity contribution in [3.05, 3.63) is 52.5 Å². The predicted molar refractivity (Wildman–Crippen MR) is 77.0 cm³/mol. The Morgan fingerprint density at radius 3 is 2.75 bits per heavy atom. The van der Waals surface area contributed by atoms with Gasteiger partial charge in [-0.1, -0.05) is 0 Å². The molecule has 3 N–H and O–H groups in total. The van der Waals surface area contributed by atoms with Crippen molar-refractivity contribution in [2.75, 3.05) is 4.72 Å². The third-order valence-electron chi connectivity index (χ3n) is 2.56. The van der Waals surface area contributed by atoms with Gasteiger partial charge in [0.05, 0.1) is 15.1 Å². The molecule has 0 fully saturated rings. The summed E-state index contributed by atoms with van der Waals surface area (Å²) < 4.78 is 40.7. The van der Waals surface area contributed by atoms with Crippen LogP contribution in [-0.2, 0) is 16.6 Å². The van der Waals surface area contributed by atoms with Crippen LogP contribution < -0.4 is 10.5 Å². The van der Waals surface area contributed by atoms with Crippen molar-refractivity contribution in [1.29, 1.82) is 0 Å². The molecule has 1 aromatic carbocycles. The number of pyridine rings is 1. The van der Waals surface area contributed by atoms with E-state index in [0.717, 1.165) is 6.07 Å². The second-order valence-corrected chi connectivity index (χ2v) is 6.46. The Bertz CT molecular complexity index is 737. The Balaban J connectivity index is 2.38. The Morgan fingerprint density at radius 2 is 2.10 bits per heavy atom. The highest BCUT2D eigenvalue weighted by Crippen LogP contribution is 2.24. The monoisotopic (exact) mass is 359 g/mol. The fourth-order valence-electron chi connectivity index (χ4n) is 1.54. The molecule has 20 heavy (non-hydrogen) atoms. The zero-order chi connectivity index (χ0) is 14.8. The van der Waals surface area contributed by atoms with Crippen LogP contribution in [0, 0.1) is 5.82 Å². The minimum absolute atomic E-state index is 0.0527. The van der Waals surface area contributed by atoms with Crippen LogP contribution in [0.15, 0.2) is 46.0 Å². The molecular weight excluding hydrogens is 349 g/mol. The summed E-state index contributed by atoms with van der Waals surface area (Å²) in [6.07, 6.45) is 2.92. The Hall–Kier alpha value is -1.51. The number of anilines is 1. The van der Waals surface area contributed by atoms with Crippen LogP contribution >= 0.6 is 15.9 Å². The predicted octanol–water partition coefficient (Wildman–Crippen LogP) is 2.24. The molecule has 5 nitrogen and oxygen atoms in total. The molecule has 0 aliphatic rings. The fraction of sp³-hybridized carbons (Fsp3) is 0.0833. The number of rotatable bonds is 4. The van der Waals surface area contributed by atoms with E-state index in [1.165, 1.54) is 30.6 Å². The molecule has 8 heteroatoms. The van der Waals surface area contributed by atoms with Gasteiger partial charge in [0.15, 0.2) is 0 Å². The molecule has 1 heterocycles. The second-order valence-electron chi connectivity index (χ2n) is 3.92. The molecule has 1 aromatic heterocycles. The average Bonchev–Trinajstić information content (AvgIpc) is 2.41. The molecule has 0 aliphatic heterocycles. The largest absolute Gasteiger partial charge is 0.326 e. The van der Waals surface area contributed by atoms with Crippen molar-refractivity contribution in [1.82, 2.24) is 4.98 Å². The van der Waals surface area contributed by atoms with Crippen LogP contribution in [0.2, 0.25) is 0 Å². The van der Waals surface area contributed by atoms with E-state index in [0.29, 0.717) is 10.2 Å². The summed E-state index contributed by atoms with van der Waals surface area (Å²) in [6.45, 7) is -0.0753. The molecule has 0 atom stereocenters. The van der Waals surface area contributed by atoms with Crippen molar-refractivity contribution in [3.63, 3.8) is 0 Å². The number of benzene rings is 1. The maximum absolute atomic E-state index is 13.3. The van der Waals surface area contributed by atoms with Crippen LogP contribution in [0.4, 0.5) is 10.1 Å². The van der Waals surface area contributed by atoms with Gasteiger partial charge in [-0.05, 0) is 40.2 Å². The van der Waals surface area contributed by atoms with Crippen LogP contribution in [0.25, 0.3) is 0 Å². The van der Waals surface area contributed by atoms with E-state index in [9.17, 15) is 12.8 Å². The highest BCUT2D eigenvalue weighted by Gasteiger charge is 2.17. The molecule has 106 valence electrons.